The molecule has 2 saturated heterocycles. The van der Waals surface area contributed by atoms with Crippen LogP contribution >= 0.6 is 0 Å². The lowest BCUT2D eigenvalue weighted by molar-refractivity contribution is -0.131. The van der Waals surface area contributed by atoms with Crippen LogP contribution in [0.15, 0.2) is 24.3 Å². The van der Waals surface area contributed by atoms with Gasteiger partial charge in [-0.05, 0) is 30.7 Å². The van der Waals surface area contributed by atoms with Crippen molar-refractivity contribution in [2.24, 2.45) is 0 Å². The highest BCUT2D eigenvalue weighted by Crippen LogP contribution is 2.23. The van der Waals surface area contributed by atoms with E-state index in [4.69, 9.17) is 5.11 Å². The molecule has 0 spiro atoms. The molecule has 29 heavy (non-hydrogen) atoms. The van der Waals surface area contributed by atoms with E-state index in [9.17, 15) is 19.2 Å². The van der Waals surface area contributed by atoms with E-state index in [0.717, 1.165) is 11.4 Å². The maximum atomic E-state index is 12.2. The summed E-state index contributed by atoms with van der Waals surface area (Å²) in [5.41, 5.74) is 1.75. The smallest absolute Gasteiger partial charge is 0.404 e. The number of carbonyl (C=O) groups is 4. The van der Waals surface area contributed by atoms with Crippen LogP contribution in [0.1, 0.15) is 19.3 Å². The third kappa shape index (κ3) is 5.37. The lowest BCUT2D eigenvalue weighted by atomic mass is 10.2. The highest BCUT2D eigenvalue weighted by Gasteiger charge is 2.25. The normalized spacial score (nSPS) is 17.2. The van der Waals surface area contributed by atoms with Crippen LogP contribution in [0.2, 0.25) is 0 Å². The Balaban J connectivity index is 1.47. The summed E-state index contributed by atoms with van der Waals surface area (Å²) in [5.74, 6) is -0.216. The van der Waals surface area contributed by atoms with Gasteiger partial charge < -0.3 is 20.2 Å². The number of piperazine rings is 1. The number of carbonyl (C=O) groups excluding carboxylic acids is 3. The quantitative estimate of drug-likeness (QED) is 0.605. The Morgan fingerprint density at radius 3 is 2.28 bits per heavy atom. The van der Waals surface area contributed by atoms with E-state index in [1.807, 2.05) is 24.3 Å². The number of nitrogens with one attached hydrogen (secondary N) is 2. The molecule has 0 saturated carbocycles. The largest absolute Gasteiger partial charge is 0.465 e. The molecule has 1 aromatic carbocycles. The Bertz CT molecular complexity index is 774. The molecule has 3 N–H and O–H groups in total. The molecule has 3 rings (SSSR count). The summed E-state index contributed by atoms with van der Waals surface area (Å²) >= 11 is 0. The second-order valence-corrected chi connectivity index (χ2v) is 6.97. The molecule has 2 aliphatic rings. The number of benzene rings is 1. The molecule has 0 aromatic heterocycles. The minimum Gasteiger partial charge on any atom is -0.465 e. The summed E-state index contributed by atoms with van der Waals surface area (Å²) in [5, 5.41) is 13.1. The predicted molar refractivity (Wildman–Crippen MR) is 106 cm³/mol. The van der Waals surface area contributed by atoms with Crippen molar-refractivity contribution in [2.75, 3.05) is 49.1 Å². The number of urea groups is 1. The number of hydrogen-bond donors (Lipinski definition) is 3. The first kappa shape index (κ1) is 20.4. The first-order valence-electron chi connectivity index (χ1n) is 9.65. The van der Waals surface area contributed by atoms with E-state index in [2.05, 4.69) is 15.5 Å². The number of anilines is 2. The van der Waals surface area contributed by atoms with E-state index in [0.29, 0.717) is 45.6 Å². The van der Waals surface area contributed by atoms with Crippen molar-refractivity contribution in [3.63, 3.8) is 0 Å². The number of carboxylic acid groups (broad SMARTS) is 1. The Morgan fingerprint density at radius 1 is 1.00 bits per heavy atom. The van der Waals surface area contributed by atoms with Crippen molar-refractivity contribution in [3.05, 3.63) is 24.3 Å². The zero-order chi connectivity index (χ0) is 20.8. The third-order valence-corrected chi connectivity index (χ3v) is 5.06. The fourth-order valence-electron chi connectivity index (χ4n) is 3.46. The lowest BCUT2D eigenvalue weighted by Gasteiger charge is -2.36. The molecule has 0 aliphatic carbocycles. The minimum atomic E-state index is -1.08. The minimum absolute atomic E-state index is 0.0397. The Labute approximate surface area is 168 Å². The Kier molecular flexibility index (Phi) is 6.53. The first-order valence-corrected chi connectivity index (χ1v) is 9.65. The Hall–Kier alpha value is -3.30. The van der Waals surface area contributed by atoms with Crippen molar-refractivity contribution >= 4 is 35.3 Å². The van der Waals surface area contributed by atoms with Gasteiger partial charge in [0.1, 0.15) is 0 Å². The number of nitrogens with zero attached hydrogens (tertiary/aromatic N) is 3. The van der Waals surface area contributed by atoms with Crippen LogP contribution < -0.4 is 20.4 Å². The molecule has 156 valence electrons. The third-order valence-electron chi connectivity index (χ3n) is 5.06. The SMILES string of the molecule is O=C(O)NCCCC(=O)N1CCN(c2ccc(N3CCC(=O)NC3=O)cc2)CC1. The van der Waals surface area contributed by atoms with Gasteiger partial charge in [0.15, 0.2) is 0 Å². The average molecular weight is 403 g/mol. The predicted octanol–water partition coefficient (Wildman–Crippen LogP) is 0.829. The highest BCUT2D eigenvalue weighted by atomic mass is 16.4. The number of imide groups is 1. The molecule has 5 amide bonds. The van der Waals surface area contributed by atoms with Gasteiger partial charge in [-0.3, -0.25) is 19.8 Å². The van der Waals surface area contributed by atoms with Crippen molar-refractivity contribution in [1.29, 1.82) is 0 Å². The standard InChI is InChI=1S/C19H25N5O5/c25-16-7-9-24(18(27)21-16)15-5-3-14(4-6-15)22-10-12-23(13-11-22)17(26)2-1-8-20-19(28)29/h3-6,20H,1-2,7-13H2,(H,28,29)(H,21,25,27). The molecule has 0 atom stereocenters. The van der Waals surface area contributed by atoms with E-state index >= 15 is 0 Å². The zero-order valence-corrected chi connectivity index (χ0v) is 16.1. The number of amides is 5. The van der Waals surface area contributed by atoms with Crippen molar-refractivity contribution in [1.82, 2.24) is 15.5 Å². The molecule has 1 aromatic rings. The van der Waals surface area contributed by atoms with Gasteiger partial charge in [0.05, 0.1) is 0 Å². The summed E-state index contributed by atoms with van der Waals surface area (Å²) in [7, 11) is 0. The van der Waals surface area contributed by atoms with Gasteiger partial charge in [0, 0.05) is 63.5 Å². The lowest BCUT2D eigenvalue weighted by Crippen LogP contribution is -2.49. The maximum absolute atomic E-state index is 12.2. The van der Waals surface area contributed by atoms with Gasteiger partial charge in [-0.15, -0.1) is 0 Å². The van der Waals surface area contributed by atoms with Gasteiger partial charge in [-0.25, -0.2) is 9.59 Å². The van der Waals surface area contributed by atoms with E-state index in [-0.39, 0.29) is 24.8 Å². The summed E-state index contributed by atoms with van der Waals surface area (Å²) in [4.78, 5) is 51.4. The van der Waals surface area contributed by atoms with Gasteiger partial charge in [0.2, 0.25) is 11.8 Å². The van der Waals surface area contributed by atoms with Gasteiger partial charge in [0.25, 0.3) is 0 Å². The Morgan fingerprint density at radius 2 is 1.66 bits per heavy atom. The van der Waals surface area contributed by atoms with E-state index < -0.39 is 12.1 Å². The summed E-state index contributed by atoms with van der Waals surface area (Å²) in [6, 6.07) is 7.19. The van der Waals surface area contributed by atoms with Crippen LogP contribution in [0.5, 0.6) is 0 Å². The van der Waals surface area contributed by atoms with Crippen molar-refractivity contribution in [3.8, 4) is 0 Å². The van der Waals surface area contributed by atoms with Gasteiger partial charge in [-0.2, -0.15) is 0 Å². The van der Waals surface area contributed by atoms with Crippen LogP contribution in [-0.2, 0) is 9.59 Å². The van der Waals surface area contributed by atoms with Crippen LogP contribution in [0, 0.1) is 0 Å². The van der Waals surface area contributed by atoms with Crippen LogP contribution in [0.3, 0.4) is 0 Å². The molecule has 2 aliphatic heterocycles. The second kappa shape index (κ2) is 9.26. The van der Waals surface area contributed by atoms with Crippen LogP contribution in [0.4, 0.5) is 21.0 Å². The monoisotopic (exact) mass is 403 g/mol. The summed E-state index contributed by atoms with van der Waals surface area (Å²) in [6.45, 7) is 3.28. The second-order valence-electron chi connectivity index (χ2n) is 6.97. The first-order chi connectivity index (χ1) is 13.9. The maximum Gasteiger partial charge on any atom is 0.404 e. The fourth-order valence-corrected chi connectivity index (χ4v) is 3.46. The summed E-state index contributed by atoms with van der Waals surface area (Å²) < 4.78 is 0. The average Bonchev–Trinajstić information content (AvgIpc) is 2.71. The number of hydrogen-bond acceptors (Lipinski definition) is 5. The molecule has 2 heterocycles. The molecule has 10 heteroatoms. The molecule has 2 fully saturated rings. The van der Waals surface area contributed by atoms with E-state index in [1.54, 1.807) is 9.80 Å². The molecule has 0 bridgehead atoms. The molecular formula is C19H25N5O5. The fraction of sp³-hybridized carbons (Fsp3) is 0.474. The zero-order valence-electron chi connectivity index (χ0n) is 16.1. The number of rotatable bonds is 6. The molecule has 0 radical (unpaired) electrons. The van der Waals surface area contributed by atoms with Gasteiger partial charge >= 0.3 is 12.1 Å². The van der Waals surface area contributed by atoms with E-state index in [1.165, 1.54) is 0 Å². The van der Waals surface area contributed by atoms with Crippen LogP contribution in [-0.4, -0.2) is 73.2 Å². The molecular weight excluding hydrogens is 378 g/mol. The van der Waals surface area contributed by atoms with Gasteiger partial charge in [-0.1, -0.05) is 0 Å². The molecule has 0 unspecified atom stereocenters. The van der Waals surface area contributed by atoms with Crippen molar-refractivity contribution in [2.45, 2.75) is 19.3 Å². The highest BCUT2D eigenvalue weighted by molar-refractivity contribution is 6.05. The summed E-state index contributed by atoms with van der Waals surface area (Å²) in [6.07, 6.45) is 0.0275. The van der Waals surface area contributed by atoms with Crippen molar-refractivity contribution < 1.29 is 24.3 Å². The van der Waals surface area contributed by atoms with Crippen LogP contribution in [0.25, 0.3) is 0 Å². The molecule has 10 nitrogen and oxygen atoms in total. The topological polar surface area (TPSA) is 122 Å².